The van der Waals surface area contributed by atoms with Crippen molar-refractivity contribution in [2.75, 3.05) is 19.0 Å². The van der Waals surface area contributed by atoms with E-state index in [4.69, 9.17) is 9.47 Å². The maximum absolute atomic E-state index is 12.5. The summed E-state index contributed by atoms with van der Waals surface area (Å²) in [4.78, 5) is 24.3. The summed E-state index contributed by atoms with van der Waals surface area (Å²) in [5.41, 5.74) is 1.80. The molecule has 5 nitrogen and oxygen atoms in total. The van der Waals surface area contributed by atoms with E-state index in [0.717, 1.165) is 11.3 Å². The summed E-state index contributed by atoms with van der Waals surface area (Å²) in [6, 6.07) is 14.5. The monoisotopic (exact) mass is 311 g/mol. The van der Waals surface area contributed by atoms with Gasteiger partial charge < -0.3 is 14.8 Å². The highest BCUT2D eigenvalue weighted by Crippen LogP contribution is 2.27. The van der Waals surface area contributed by atoms with E-state index in [1.54, 1.807) is 24.3 Å². The highest BCUT2D eigenvalue weighted by Gasteiger charge is 2.26. The maximum Gasteiger partial charge on any atom is 0.339 e. The maximum atomic E-state index is 12.5. The van der Waals surface area contributed by atoms with Crippen LogP contribution >= 0.6 is 0 Å². The molecule has 0 radical (unpaired) electrons. The lowest BCUT2D eigenvalue weighted by atomic mass is 9.96. The van der Waals surface area contributed by atoms with Gasteiger partial charge in [0.1, 0.15) is 12.4 Å². The molecule has 5 heteroatoms. The minimum Gasteiger partial charge on any atom is -0.492 e. The van der Waals surface area contributed by atoms with Gasteiger partial charge in [-0.1, -0.05) is 30.3 Å². The van der Waals surface area contributed by atoms with Gasteiger partial charge in [-0.15, -0.1) is 0 Å². The number of methoxy groups -OCH3 is 1. The normalized spacial score (nSPS) is 16.0. The number of hydrogen-bond acceptors (Lipinski definition) is 4. The first-order valence-corrected chi connectivity index (χ1v) is 7.38. The van der Waals surface area contributed by atoms with Crippen molar-refractivity contribution in [3.63, 3.8) is 0 Å². The van der Waals surface area contributed by atoms with Gasteiger partial charge in [-0.2, -0.15) is 0 Å². The topological polar surface area (TPSA) is 64.6 Å². The van der Waals surface area contributed by atoms with Crippen LogP contribution in [0.15, 0.2) is 48.5 Å². The van der Waals surface area contributed by atoms with Gasteiger partial charge in [0.15, 0.2) is 0 Å². The van der Waals surface area contributed by atoms with E-state index in [1.165, 1.54) is 7.11 Å². The Labute approximate surface area is 134 Å². The predicted molar refractivity (Wildman–Crippen MR) is 85.5 cm³/mol. The average molecular weight is 311 g/mol. The lowest BCUT2D eigenvalue weighted by Crippen LogP contribution is -2.33. The van der Waals surface area contributed by atoms with Crippen LogP contribution in [0.25, 0.3) is 0 Å². The zero-order valence-corrected chi connectivity index (χ0v) is 12.7. The summed E-state index contributed by atoms with van der Waals surface area (Å²) < 4.78 is 10.4. The van der Waals surface area contributed by atoms with Gasteiger partial charge in [-0.25, -0.2) is 4.79 Å². The van der Waals surface area contributed by atoms with E-state index < -0.39 is 5.97 Å². The van der Waals surface area contributed by atoms with E-state index >= 15 is 0 Å². The fourth-order valence-electron chi connectivity index (χ4n) is 2.61. The fraction of sp³-hybridized carbons (Fsp3) is 0.222. The Morgan fingerprint density at radius 1 is 1.13 bits per heavy atom. The van der Waals surface area contributed by atoms with Crippen molar-refractivity contribution in [3.05, 3.63) is 59.7 Å². The number of anilines is 1. The SMILES string of the molecule is COC(=O)c1ccccc1NC(=O)C1COc2ccccc2C1. The first-order chi connectivity index (χ1) is 11.2. The molecule has 23 heavy (non-hydrogen) atoms. The Kier molecular flexibility index (Phi) is 4.28. The first-order valence-electron chi connectivity index (χ1n) is 7.38. The van der Waals surface area contributed by atoms with Gasteiger partial charge >= 0.3 is 5.97 Å². The molecule has 1 aliphatic heterocycles. The zero-order valence-electron chi connectivity index (χ0n) is 12.7. The van der Waals surface area contributed by atoms with Gasteiger partial charge in [-0.3, -0.25) is 4.79 Å². The molecule has 0 aliphatic carbocycles. The summed E-state index contributed by atoms with van der Waals surface area (Å²) in [5, 5.41) is 2.81. The summed E-state index contributed by atoms with van der Waals surface area (Å²) in [6.07, 6.45) is 0.613. The molecule has 1 heterocycles. The molecular formula is C18H17NO4. The summed E-state index contributed by atoms with van der Waals surface area (Å²) in [7, 11) is 1.31. The van der Waals surface area contributed by atoms with Crippen LogP contribution in [0.2, 0.25) is 0 Å². The third kappa shape index (κ3) is 3.18. The molecule has 0 saturated heterocycles. The van der Waals surface area contributed by atoms with Crippen LogP contribution in [0.1, 0.15) is 15.9 Å². The average Bonchev–Trinajstić information content (AvgIpc) is 2.61. The molecule has 1 amide bonds. The third-order valence-corrected chi connectivity index (χ3v) is 3.84. The Morgan fingerprint density at radius 3 is 2.70 bits per heavy atom. The van der Waals surface area contributed by atoms with Gasteiger partial charge in [0.05, 0.1) is 24.3 Å². The van der Waals surface area contributed by atoms with Crippen molar-refractivity contribution in [1.29, 1.82) is 0 Å². The molecule has 2 aromatic carbocycles. The van der Waals surface area contributed by atoms with Crippen molar-refractivity contribution < 1.29 is 19.1 Å². The van der Waals surface area contributed by atoms with Crippen LogP contribution in [0.5, 0.6) is 5.75 Å². The Morgan fingerprint density at radius 2 is 1.87 bits per heavy atom. The van der Waals surface area contributed by atoms with Gasteiger partial charge in [0.2, 0.25) is 5.91 Å². The number of carbonyl (C=O) groups excluding carboxylic acids is 2. The molecule has 0 saturated carbocycles. The Bertz CT molecular complexity index is 741. The molecule has 0 bridgehead atoms. The zero-order chi connectivity index (χ0) is 16.2. The van der Waals surface area contributed by atoms with Crippen LogP contribution < -0.4 is 10.1 Å². The third-order valence-electron chi connectivity index (χ3n) is 3.84. The molecule has 1 atom stereocenters. The van der Waals surface area contributed by atoms with Crippen LogP contribution in [-0.2, 0) is 16.0 Å². The lowest BCUT2D eigenvalue weighted by Gasteiger charge is -2.24. The second kappa shape index (κ2) is 6.52. The number of amides is 1. The number of esters is 1. The van der Waals surface area contributed by atoms with Crippen molar-refractivity contribution in [1.82, 2.24) is 0 Å². The summed E-state index contributed by atoms with van der Waals surface area (Å²) in [6.45, 7) is 0.323. The van der Waals surface area contributed by atoms with E-state index in [9.17, 15) is 9.59 Å². The standard InChI is InChI=1S/C18H17NO4/c1-22-18(21)14-7-3-4-8-15(14)19-17(20)13-10-12-6-2-5-9-16(12)23-11-13/h2-9,13H,10-11H2,1H3,(H,19,20). The molecule has 118 valence electrons. The number of benzene rings is 2. The van der Waals surface area contributed by atoms with E-state index in [1.807, 2.05) is 24.3 Å². The van der Waals surface area contributed by atoms with E-state index in [0.29, 0.717) is 24.3 Å². The van der Waals surface area contributed by atoms with Gasteiger partial charge in [-0.05, 0) is 30.2 Å². The molecule has 1 N–H and O–H groups in total. The highest BCUT2D eigenvalue weighted by molar-refractivity contribution is 6.02. The van der Waals surface area contributed by atoms with Crippen LogP contribution in [0, 0.1) is 5.92 Å². The Hall–Kier alpha value is -2.82. The molecule has 2 aromatic rings. The number of fused-ring (bicyclic) bond motifs is 1. The lowest BCUT2D eigenvalue weighted by molar-refractivity contribution is -0.121. The van der Waals surface area contributed by atoms with Crippen LogP contribution in [0.3, 0.4) is 0 Å². The highest BCUT2D eigenvalue weighted by atomic mass is 16.5. The van der Waals surface area contributed by atoms with E-state index in [-0.39, 0.29) is 11.8 Å². The number of ether oxygens (including phenoxy) is 2. The molecule has 0 spiro atoms. The summed E-state index contributed by atoms with van der Waals surface area (Å²) >= 11 is 0. The minimum absolute atomic E-state index is 0.171. The van der Waals surface area contributed by atoms with Crippen LogP contribution in [0.4, 0.5) is 5.69 Å². The predicted octanol–water partition coefficient (Wildman–Crippen LogP) is 2.66. The van der Waals surface area contributed by atoms with Crippen LogP contribution in [-0.4, -0.2) is 25.6 Å². The molecular weight excluding hydrogens is 294 g/mol. The summed E-state index contributed by atoms with van der Waals surface area (Å²) in [5.74, 6) is -0.121. The number of hydrogen-bond donors (Lipinski definition) is 1. The first kappa shape index (κ1) is 15.1. The number of para-hydroxylation sites is 2. The largest absolute Gasteiger partial charge is 0.492 e. The second-order valence-corrected chi connectivity index (χ2v) is 5.35. The Balaban J connectivity index is 1.75. The number of carbonyl (C=O) groups is 2. The van der Waals surface area contributed by atoms with Gasteiger partial charge in [0.25, 0.3) is 0 Å². The number of nitrogens with one attached hydrogen (secondary N) is 1. The molecule has 0 fully saturated rings. The smallest absolute Gasteiger partial charge is 0.339 e. The minimum atomic E-state index is -0.480. The van der Waals surface area contributed by atoms with Crippen molar-refractivity contribution in [3.8, 4) is 5.75 Å². The second-order valence-electron chi connectivity index (χ2n) is 5.35. The number of rotatable bonds is 3. The molecule has 1 aliphatic rings. The van der Waals surface area contributed by atoms with Gasteiger partial charge in [0, 0.05) is 0 Å². The molecule has 0 aromatic heterocycles. The van der Waals surface area contributed by atoms with Crippen molar-refractivity contribution in [2.45, 2.75) is 6.42 Å². The molecule has 3 rings (SSSR count). The van der Waals surface area contributed by atoms with Crippen molar-refractivity contribution >= 4 is 17.6 Å². The molecule has 1 unspecified atom stereocenters. The van der Waals surface area contributed by atoms with E-state index in [2.05, 4.69) is 5.32 Å². The van der Waals surface area contributed by atoms with Crippen molar-refractivity contribution in [2.24, 2.45) is 5.92 Å². The fourth-order valence-corrected chi connectivity index (χ4v) is 2.61. The quantitative estimate of drug-likeness (QED) is 0.885.